The summed E-state index contributed by atoms with van der Waals surface area (Å²) in [6, 6.07) is 10.6. The van der Waals surface area contributed by atoms with Crippen LogP contribution in [0.4, 0.5) is 13.2 Å². The zero-order chi connectivity index (χ0) is 21.8. The van der Waals surface area contributed by atoms with Crippen LogP contribution in [0.2, 0.25) is 0 Å². The topological polar surface area (TPSA) is 66.4 Å². The van der Waals surface area contributed by atoms with Crippen molar-refractivity contribution in [2.24, 2.45) is 0 Å². The molecule has 0 saturated carbocycles. The number of halogens is 3. The van der Waals surface area contributed by atoms with Gasteiger partial charge < -0.3 is 10.4 Å². The molecule has 156 valence electrons. The van der Waals surface area contributed by atoms with E-state index >= 15 is 0 Å². The van der Waals surface area contributed by atoms with E-state index in [2.05, 4.69) is 26.1 Å². The lowest BCUT2D eigenvalue weighted by Gasteiger charge is -2.20. The van der Waals surface area contributed by atoms with Crippen molar-refractivity contribution in [3.63, 3.8) is 0 Å². The average molecular weight is 407 g/mol. The van der Waals surface area contributed by atoms with E-state index in [1.165, 1.54) is 12.1 Å². The van der Waals surface area contributed by atoms with Crippen molar-refractivity contribution in [3.8, 4) is 0 Å². The first kappa shape index (κ1) is 22.5. The average Bonchev–Trinajstić information content (AvgIpc) is 2.60. The number of carboxylic acids is 1. The van der Waals surface area contributed by atoms with E-state index in [0.29, 0.717) is 5.56 Å². The number of carboxylic acid groups (broad SMARTS) is 1. The Labute approximate surface area is 167 Å². The van der Waals surface area contributed by atoms with Crippen LogP contribution in [0.15, 0.2) is 48.5 Å². The fraction of sp³-hybridized carbons (Fsp3) is 0.364. The number of amides is 1. The summed E-state index contributed by atoms with van der Waals surface area (Å²) in [4.78, 5) is 23.7. The molecule has 0 spiro atoms. The summed E-state index contributed by atoms with van der Waals surface area (Å²) in [7, 11) is 0. The molecule has 2 N–H and O–H groups in total. The minimum Gasteiger partial charge on any atom is -0.480 e. The van der Waals surface area contributed by atoms with Gasteiger partial charge in [0.2, 0.25) is 5.91 Å². The second-order valence-electron chi connectivity index (χ2n) is 7.98. The Bertz CT molecular complexity index is 851. The Kier molecular flexibility index (Phi) is 6.72. The molecule has 2 aromatic rings. The van der Waals surface area contributed by atoms with Crippen LogP contribution in [0.5, 0.6) is 0 Å². The van der Waals surface area contributed by atoms with Gasteiger partial charge >= 0.3 is 12.1 Å². The zero-order valence-electron chi connectivity index (χ0n) is 16.5. The largest absolute Gasteiger partial charge is 0.480 e. The predicted molar refractivity (Wildman–Crippen MR) is 104 cm³/mol. The number of aliphatic carboxylic acids is 1. The molecule has 1 amide bonds. The molecule has 2 aromatic carbocycles. The van der Waals surface area contributed by atoms with Crippen LogP contribution in [0.3, 0.4) is 0 Å². The van der Waals surface area contributed by atoms with Crippen LogP contribution < -0.4 is 5.32 Å². The summed E-state index contributed by atoms with van der Waals surface area (Å²) < 4.78 is 37.8. The second-order valence-corrected chi connectivity index (χ2v) is 7.98. The minimum atomic E-state index is -4.45. The van der Waals surface area contributed by atoms with Gasteiger partial charge in [0.25, 0.3) is 0 Å². The first-order valence-electron chi connectivity index (χ1n) is 9.14. The van der Waals surface area contributed by atoms with Crippen LogP contribution >= 0.6 is 0 Å². The number of carbonyl (C=O) groups excluding carboxylic acids is 1. The maximum atomic E-state index is 12.6. The lowest BCUT2D eigenvalue weighted by molar-refractivity contribution is -0.141. The Morgan fingerprint density at radius 2 is 1.38 bits per heavy atom. The maximum absolute atomic E-state index is 12.6. The number of rotatable bonds is 6. The van der Waals surface area contributed by atoms with E-state index in [9.17, 15) is 27.9 Å². The molecule has 0 heterocycles. The van der Waals surface area contributed by atoms with Gasteiger partial charge in [-0.2, -0.15) is 13.2 Å². The molecule has 0 aliphatic carbocycles. The molecule has 0 saturated heterocycles. The quantitative estimate of drug-likeness (QED) is 0.748. The lowest BCUT2D eigenvalue weighted by Crippen LogP contribution is -2.43. The highest BCUT2D eigenvalue weighted by atomic mass is 19.4. The Morgan fingerprint density at radius 3 is 1.83 bits per heavy atom. The Morgan fingerprint density at radius 1 is 0.897 bits per heavy atom. The fourth-order valence-corrected chi connectivity index (χ4v) is 2.82. The van der Waals surface area contributed by atoms with E-state index in [4.69, 9.17) is 0 Å². The van der Waals surface area contributed by atoms with Gasteiger partial charge in [-0.05, 0) is 34.2 Å². The molecule has 0 bridgehead atoms. The van der Waals surface area contributed by atoms with Crippen molar-refractivity contribution in [1.29, 1.82) is 0 Å². The molecule has 0 unspecified atom stereocenters. The van der Waals surface area contributed by atoms with Crippen LogP contribution in [0.1, 0.15) is 43.0 Å². The van der Waals surface area contributed by atoms with E-state index in [-0.39, 0.29) is 18.3 Å². The summed E-state index contributed by atoms with van der Waals surface area (Å²) in [5.74, 6) is -1.74. The van der Waals surface area contributed by atoms with Gasteiger partial charge in [0, 0.05) is 6.42 Å². The highest BCUT2D eigenvalue weighted by Crippen LogP contribution is 2.29. The Balaban J connectivity index is 2.01. The third kappa shape index (κ3) is 6.62. The van der Waals surface area contributed by atoms with E-state index in [1.807, 2.05) is 24.3 Å². The van der Waals surface area contributed by atoms with Crippen molar-refractivity contribution in [2.75, 3.05) is 0 Å². The number of benzene rings is 2. The van der Waals surface area contributed by atoms with Crippen LogP contribution in [0.25, 0.3) is 0 Å². The molecule has 0 aliphatic rings. The molecule has 29 heavy (non-hydrogen) atoms. The van der Waals surface area contributed by atoms with Crippen molar-refractivity contribution >= 4 is 11.9 Å². The van der Waals surface area contributed by atoms with Gasteiger partial charge in [-0.25, -0.2) is 4.79 Å². The molecule has 1 atom stereocenters. The van der Waals surface area contributed by atoms with Gasteiger partial charge in [-0.3, -0.25) is 4.79 Å². The number of nitrogens with one attached hydrogen (secondary N) is 1. The number of hydrogen-bond acceptors (Lipinski definition) is 2. The fourth-order valence-electron chi connectivity index (χ4n) is 2.82. The van der Waals surface area contributed by atoms with E-state index in [0.717, 1.165) is 23.3 Å². The highest BCUT2D eigenvalue weighted by molar-refractivity contribution is 5.85. The van der Waals surface area contributed by atoms with E-state index in [1.54, 1.807) is 0 Å². The van der Waals surface area contributed by atoms with Crippen molar-refractivity contribution in [1.82, 2.24) is 5.32 Å². The number of alkyl halides is 3. The third-order valence-electron chi connectivity index (χ3n) is 4.54. The second kappa shape index (κ2) is 8.68. The van der Waals surface area contributed by atoms with Crippen molar-refractivity contribution in [3.05, 3.63) is 70.8 Å². The maximum Gasteiger partial charge on any atom is 0.416 e. The molecule has 4 nitrogen and oxygen atoms in total. The zero-order valence-corrected chi connectivity index (χ0v) is 16.5. The molecule has 7 heteroatoms. The minimum absolute atomic E-state index is 0.0272. The molecule has 2 rings (SSSR count). The summed E-state index contributed by atoms with van der Waals surface area (Å²) in [5.41, 5.74) is 1.42. The first-order chi connectivity index (χ1) is 13.4. The third-order valence-corrected chi connectivity index (χ3v) is 4.54. The Hall–Kier alpha value is -2.83. The summed E-state index contributed by atoms with van der Waals surface area (Å²) in [6.45, 7) is 6.22. The normalized spacial score (nSPS) is 13.0. The molecule has 0 radical (unpaired) electrons. The molecule has 0 aliphatic heterocycles. The first-order valence-corrected chi connectivity index (χ1v) is 9.14. The van der Waals surface area contributed by atoms with Crippen LogP contribution in [-0.4, -0.2) is 23.0 Å². The SMILES string of the molecule is CC(C)(C)c1ccc(C[C@@H](NC(=O)Cc2ccc(C(F)(F)F)cc2)C(=O)O)cc1. The highest BCUT2D eigenvalue weighted by Gasteiger charge is 2.30. The van der Waals surface area contributed by atoms with Gasteiger partial charge in [0.15, 0.2) is 0 Å². The van der Waals surface area contributed by atoms with Gasteiger partial charge in [0.1, 0.15) is 6.04 Å². The van der Waals surface area contributed by atoms with Crippen LogP contribution in [-0.2, 0) is 34.0 Å². The van der Waals surface area contributed by atoms with Gasteiger partial charge in [-0.1, -0.05) is 57.2 Å². The van der Waals surface area contributed by atoms with Gasteiger partial charge in [0.05, 0.1) is 12.0 Å². The molecule has 0 aromatic heterocycles. The number of carbonyl (C=O) groups is 2. The smallest absolute Gasteiger partial charge is 0.416 e. The standard InChI is InChI=1S/C22H24F3NO3/c1-21(2,3)16-8-4-14(5-9-16)12-18(20(28)29)26-19(27)13-15-6-10-17(11-7-15)22(23,24)25/h4-11,18H,12-13H2,1-3H3,(H,26,27)(H,28,29)/t18-/m1/s1. The summed E-state index contributed by atoms with van der Waals surface area (Å²) in [5, 5.41) is 11.9. The molecular weight excluding hydrogens is 383 g/mol. The monoisotopic (exact) mass is 407 g/mol. The van der Waals surface area contributed by atoms with E-state index < -0.39 is 29.7 Å². The lowest BCUT2D eigenvalue weighted by atomic mass is 9.86. The van der Waals surface area contributed by atoms with Gasteiger partial charge in [-0.15, -0.1) is 0 Å². The number of hydrogen-bond donors (Lipinski definition) is 2. The van der Waals surface area contributed by atoms with Crippen molar-refractivity contribution < 1.29 is 27.9 Å². The summed E-state index contributed by atoms with van der Waals surface area (Å²) in [6.07, 6.45) is -4.54. The van der Waals surface area contributed by atoms with Crippen molar-refractivity contribution in [2.45, 2.75) is 51.2 Å². The summed E-state index contributed by atoms with van der Waals surface area (Å²) >= 11 is 0. The molecular formula is C22H24F3NO3. The van der Waals surface area contributed by atoms with Crippen LogP contribution in [0, 0.1) is 0 Å². The molecule has 0 fully saturated rings. The predicted octanol–water partition coefficient (Wildman–Crippen LogP) is 4.36.